The van der Waals surface area contributed by atoms with Crippen molar-refractivity contribution in [2.75, 3.05) is 11.5 Å². The highest BCUT2D eigenvalue weighted by atomic mass is 14.5. The van der Waals surface area contributed by atoms with Gasteiger partial charge in [-0.2, -0.15) is 0 Å². The molecule has 2 nitrogen and oxygen atoms in total. The minimum absolute atomic E-state index is 0.858. The Morgan fingerprint density at radius 3 is 1.15 bits per heavy atom. The molecule has 0 heterocycles. The molecule has 0 amide bonds. The molecule has 0 saturated heterocycles. The van der Waals surface area contributed by atoms with Crippen molar-refractivity contribution in [3.63, 3.8) is 0 Å². The summed E-state index contributed by atoms with van der Waals surface area (Å²) in [6.07, 6.45) is 12.9. The lowest BCUT2D eigenvalue weighted by Crippen LogP contribution is -1.97. The van der Waals surface area contributed by atoms with Gasteiger partial charge >= 0.3 is 0 Å². The first kappa shape index (κ1) is 28.5. The van der Waals surface area contributed by atoms with E-state index in [-0.39, 0.29) is 0 Å². The maximum absolute atomic E-state index is 5.96. The molecule has 0 aliphatic heterocycles. The summed E-state index contributed by atoms with van der Waals surface area (Å²) in [7, 11) is 0. The van der Waals surface area contributed by atoms with Gasteiger partial charge in [0.05, 0.1) is 0 Å². The number of hydrogen-bond donors (Lipinski definition) is 2. The van der Waals surface area contributed by atoms with Gasteiger partial charge in [0.25, 0.3) is 0 Å². The third-order valence-electron chi connectivity index (χ3n) is 7.99. The van der Waals surface area contributed by atoms with E-state index < -0.39 is 0 Å². The van der Waals surface area contributed by atoms with E-state index in [0.29, 0.717) is 0 Å². The predicted octanol–water partition coefficient (Wildman–Crippen LogP) is 8.89. The number of rotatable bonds is 14. The molecule has 39 heavy (non-hydrogen) atoms. The van der Waals surface area contributed by atoms with Crippen molar-refractivity contribution in [3.05, 3.63) is 129 Å². The van der Waals surface area contributed by atoms with Crippen LogP contribution in [0.15, 0.2) is 84.9 Å². The van der Waals surface area contributed by atoms with Crippen LogP contribution in [0.1, 0.15) is 90.5 Å². The molecule has 4 aromatic rings. The van der Waals surface area contributed by atoms with Gasteiger partial charge in [0, 0.05) is 11.4 Å². The molecule has 4 N–H and O–H groups in total. The number of nitrogen functional groups attached to an aromatic ring is 2. The molecule has 0 atom stereocenters. The Bertz CT molecular complexity index is 1200. The van der Waals surface area contributed by atoms with Gasteiger partial charge in [0.1, 0.15) is 0 Å². The van der Waals surface area contributed by atoms with E-state index in [0.717, 1.165) is 37.1 Å². The average molecular weight is 519 g/mol. The van der Waals surface area contributed by atoms with Gasteiger partial charge in [-0.3, -0.25) is 0 Å². The second-order valence-corrected chi connectivity index (χ2v) is 11.0. The lowest BCUT2D eigenvalue weighted by Gasteiger charge is -2.10. The minimum atomic E-state index is 0.858. The molecule has 0 aliphatic rings. The van der Waals surface area contributed by atoms with Gasteiger partial charge in [-0.05, 0) is 120 Å². The topological polar surface area (TPSA) is 52.0 Å². The van der Waals surface area contributed by atoms with Crippen molar-refractivity contribution in [1.82, 2.24) is 0 Å². The predicted molar refractivity (Wildman–Crippen MR) is 169 cm³/mol. The summed E-state index contributed by atoms with van der Waals surface area (Å²) < 4.78 is 0. The molecule has 0 saturated carbocycles. The molecule has 4 aromatic carbocycles. The van der Waals surface area contributed by atoms with Crippen LogP contribution in [0.5, 0.6) is 0 Å². The fourth-order valence-corrected chi connectivity index (χ4v) is 5.57. The van der Waals surface area contributed by atoms with E-state index >= 15 is 0 Å². The summed E-state index contributed by atoms with van der Waals surface area (Å²) in [4.78, 5) is 0. The Kier molecular flexibility index (Phi) is 10.7. The van der Waals surface area contributed by atoms with Crippen molar-refractivity contribution in [2.45, 2.75) is 84.5 Å². The molecule has 4 rings (SSSR count). The smallest absolute Gasteiger partial charge is 0.0316 e. The maximum atomic E-state index is 5.96. The number of hydrogen-bond acceptors (Lipinski definition) is 2. The van der Waals surface area contributed by atoms with Crippen molar-refractivity contribution in [1.29, 1.82) is 0 Å². The van der Waals surface area contributed by atoms with E-state index in [1.165, 1.54) is 89.5 Å². The largest absolute Gasteiger partial charge is 0.399 e. The van der Waals surface area contributed by atoms with Crippen LogP contribution in [0.3, 0.4) is 0 Å². The standard InChI is InChI=1S/C37H46N2/c1-3-32-26-36(38)22-20-34(32)24-30-16-12-28(13-17-30)10-8-6-5-7-9-11-29-14-18-31(19-15-29)25-35-21-23-37(39)27-33(35)4-2/h12-23,26-27H,3-11,24-25,38-39H2,1-2H3. The molecule has 0 aliphatic carbocycles. The van der Waals surface area contributed by atoms with Crippen LogP contribution in [-0.2, 0) is 38.5 Å². The fourth-order valence-electron chi connectivity index (χ4n) is 5.57. The average Bonchev–Trinajstić information content (AvgIpc) is 2.96. The second kappa shape index (κ2) is 14.6. The van der Waals surface area contributed by atoms with Crippen LogP contribution >= 0.6 is 0 Å². The molecule has 2 heteroatoms. The molecular weight excluding hydrogens is 472 g/mol. The van der Waals surface area contributed by atoms with Crippen molar-refractivity contribution >= 4 is 11.4 Å². The third-order valence-corrected chi connectivity index (χ3v) is 7.99. The van der Waals surface area contributed by atoms with Crippen molar-refractivity contribution < 1.29 is 0 Å². The molecule has 0 aromatic heterocycles. The van der Waals surface area contributed by atoms with E-state index in [1.807, 2.05) is 12.1 Å². The van der Waals surface area contributed by atoms with Crippen molar-refractivity contribution in [2.24, 2.45) is 0 Å². The Morgan fingerprint density at radius 2 is 0.769 bits per heavy atom. The summed E-state index contributed by atoms with van der Waals surface area (Å²) in [5.74, 6) is 0. The van der Waals surface area contributed by atoms with E-state index in [2.05, 4.69) is 86.6 Å². The zero-order chi connectivity index (χ0) is 27.5. The number of anilines is 2. The molecule has 0 unspecified atom stereocenters. The van der Waals surface area contributed by atoms with Crippen LogP contribution in [0.25, 0.3) is 0 Å². The molecule has 0 fully saturated rings. The SMILES string of the molecule is CCc1cc(N)ccc1Cc1ccc(CCCCCCCc2ccc(Cc3ccc(N)cc3CC)cc2)cc1. The molecular formula is C37H46N2. The number of benzene rings is 4. The highest BCUT2D eigenvalue weighted by Gasteiger charge is 2.05. The first-order valence-corrected chi connectivity index (χ1v) is 14.9. The number of aryl methyl sites for hydroxylation is 4. The summed E-state index contributed by atoms with van der Waals surface area (Å²) >= 11 is 0. The normalized spacial score (nSPS) is 11.1. The number of unbranched alkanes of at least 4 members (excludes halogenated alkanes) is 4. The Morgan fingerprint density at radius 1 is 0.410 bits per heavy atom. The minimum Gasteiger partial charge on any atom is -0.399 e. The zero-order valence-electron chi connectivity index (χ0n) is 24.0. The van der Waals surface area contributed by atoms with Gasteiger partial charge in [-0.15, -0.1) is 0 Å². The highest BCUT2D eigenvalue weighted by molar-refractivity contribution is 5.47. The molecule has 204 valence electrons. The van der Waals surface area contributed by atoms with Gasteiger partial charge in [0.2, 0.25) is 0 Å². The van der Waals surface area contributed by atoms with Crippen molar-refractivity contribution in [3.8, 4) is 0 Å². The van der Waals surface area contributed by atoms with E-state index in [1.54, 1.807) is 0 Å². The second-order valence-electron chi connectivity index (χ2n) is 11.0. The monoisotopic (exact) mass is 518 g/mol. The Balaban J connectivity index is 1.12. The van der Waals surface area contributed by atoms with Crippen LogP contribution in [-0.4, -0.2) is 0 Å². The molecule has 0 bridgehead atoms. The van der Waals surface area contributed by atoms with Gasteiger partial charge in [0.15, 0.2) is 0 Å². The summed E-state index contributed by atoms with van der Waals surface area (Å²) in [6, 6.07) is 31.1. The number of nitrogens with two attached hydrogens (primary N) is 2. The van der Waals surface area contributed by atoms with E-state index in [4.69, 9.17) is 11.5 Å². The van der Waals surface area contributed by atoms with Gasteiger partial charge in [-0.1, -0.05) is 93.8 Å². The summed E-state index contributed by atoms with van der Waals surface area (Å²) in [5.41, 5.74) is 24.8. The maximum Gasteiger partial charge on any atom is 0.0316 e. The molecule has 0 spiro atoms. The van der Waals surface area contributed by atoms with Crippen LogP contribution in [0.2, 0.25) is 0 Å². The third kappa shape index (κ3) is 8.75. The summed E-state index contributed by atoms with van der Waals surface area (Å²) in [6.45, 7) is 4.40. The van der Waals surface area contributed by atoms with Gasteiger partial charge in [-0.25, -0.2) is 0 Å². The van der Waals surface area contributed by atoms with Crippen LogP contribution in [0.4, 0.5) is 11.4 Å². The Hall–Kier alpha value is -3.52. The summed E-state index contributed by atoms with van der Waals surface area (Å²) in [5, 5.41) is 0. The lowest BCUT2D eigenvalue weighted by molar-refractivity contribution is 0.613. The zero-order valence-corrected chi connectivity index (χ0v) is 24.0. The first-order chi connectivity index (χ1) is 19.0. The highest BCUT2D eigenvalue weighted by Crippen LogP contribution is 2.21. The quantitative estimate of drug-likeness (QED) is 0.129. The fraction of sp³-hybridized carbons (Fsp3) is 0.351. The van der Waals surface area contributed by atoms with E-state index in [9.17, 15) is 0 Å². The lowest BCUT2D eigenvalue weighted by atomic mass is 9.96. The van der Waals surface area contributed by atoms with Crippen LogP contribution < -0.4 is 11.5 Å². The molecule has 0 radical (unpaired) electrons. The van der Waals surface area contributed by atoms with Crippen LogP contribution in [0, 0.1) is 0 Å². The first-order valence-electron chi connectivity index (χ1n) is 14.9. The Labute approximate surface area is 236 Å². The van der Waals surface area contributed by atoms with Gasteiger partial charge < -0.3 is 11.5 Å².